The maximum Gasteiger partial charge on any atom is 0.253 e. The summed E-state index contributed by atoms with van der Waals surface area (Å²) in [5, 5.41) is 9.05. The van der Waals surface area contributed by atoms with Crippen LogP contribution in [0.15, 0.2) is 48.8 Å². The standard InChI is InChI=1S/C23H23N5O/c24-14-17-3-8-22-21(13-17)25-16-28(22)19-6-4-18(5-7-19)23(29)27-12-9-20(15-27)26-10-1-2-11-26/h3-8,13,16,20H,1-2,9-12,15H2/t20-/m0/s1. The molecule has 1 amide bonds. The van der Waals surface area contributed by atoms with Gasteiger partial charge < -0.3 is 4.90 Å². The molecule has 29 heavy (non-hydrogen) atoms. The molecule has 5 rings (SSSR count). The van der Waals surface area contributed by atoms with E-state index in [2.05, 4.69) is 16.0 Å². The van der Waals surface area contributed by atoms with Gasteiger partial charge in [0.05, 0.1) is 22.7 Å². The second kappa shape index (κ2) is 7.34. The Kier molecular flexibility index (Phi) is 4.53. The molecule has 2 aliphatic rings. The van der Waals surface area contributed by atoms with Crippen molar-refractivity contribution in [2.24, 2.45) is 0 Å². The summed E-state index contributed by atoms with van der Waals surface area (Å²) >= 11 is 0. The third kappa shape index (κ3) is 3.28. The average molecular weight is 385 g/mol. The molecule has 2 aliphatic heterocycles. The van der Waals surface area contributed by atoms with Gasteiger partial charge in [-0.1, -0.05) is 0 Å². The third-order valence-electron chi connectivity index (χ3n) is 6.18. The largest absolute Gasteiger partial charge is 0.337 e. The van der Waals surface area contributed by atoms with Gasteiger partial charge >= 0.3 is 0 Å². The zero-order chi connectivity index (χ0) is 19.8. The number of likely N-dealkylation sites (tertiary alicyclic amines) is 2. The van der Waals surface area contributed by atoms with Crippen LogP contribution < -0.4 is 0 Å². The molecule has 6 nitrogen and oxygen atoms in total. The van der Waals surface area contributed by atoms with Crippen LogP contribution >= 0.6 is 0 Å². The Morgan fingerprint density at radius 3 is 2.62 bits per heavy atom. The molecule has 0 aliphatic carbocycles. The van der Waals surface area contributed by atoms with Gasteiger partial charge in [0.25, 0.3) is 5.91 Å². The average Bonchev–Trinajstić information content (AvgIpc) is 3.53. The normalized spacial score (nSPS) is 19.7. The van der Waals surface area contributed by atoms with Gasteiger partial charge in [0, 0.05) is 30.4 Å². The number of carbonyl (C=O) groups is 1. The number of carbonyl (C=O) groups excluding carboxylic acids is 1. The lowest BCUT2D eigenvalue weighted by atomic mass is 10.1. The van der Waals surface area contributed by atoms with Crippen LogP contribution in [-0.2, 0) is 0 Å². The fourth-order valence-corrected chi connectivity index (χ4v) is 4.57. The van der Waals surface area contributed by atoms with E-state index in [9.17, 15) is 4.79 Å². The van der Waals surface area contributed by atoms with Crippen molar-refractivity contribution in [2.45, 2.75) is 25.3 Å². The maximum atomic E-state index is 12.9. The first kappa shape index (κ1) is 17.9. The van der Waals surface area contributed by atoms with Crippen molar-refractivity contribution in [1.82, 2.24) is 19.4 Å². The summed E-state index contributed by atoms with van der Waals surface area (Å²) < 4.78 is 1.98. The van der Waals surface area contributed by atoms with Crippen molar-refractivity contribution in [2.75, 3.05) is 26.2 Å². The van der Waals surface area contributed by atoms with Gasteiger partial charge in [-0.25, -0.2) is 4.98 Å². The zero-order valence-corrected chi connectivity index (χ0v) is 16.3. The van der Waals surface area contributed by atoms with Gasteiger partial charge in [0.1, 0.15) is 6.33 Å². The monoisotopic (exact) mass is 385 g/mol. The molecule has 6 heteroatoms. The number of amides is 1. The molecule has 3 aromatic rings. The Hall–Kier alpha value is -3.17. The lowest BCUT2D eigenvalue weighted by Crippen LogP contribution is -2.37. The molecule has 0 spiro atoms. The molecule has 0 N–H and O–H groups in total. The highest BCUT2D eigenvalue weighted by Crippen LogP contribution is 2.23. The van der Waals surface area contributed by atoms with Crippen molar-refractivity contribution in [3.63, 3.8) is 0 Å². The van der Waals surface area contributed by atoms with Crippen LogP contribution in [-0.4, -0.2) is 57.5 Å². The third-order valence-corrected chi connectivity index (χ3v) is 6.18. The van der Waals surface area contributed by atoms with Crippen LogP contribution in [0.25, 0.3) is 16.7 Å². The molecule has 1 aromatic heterocycles. The summed E-state index contributed by atoms with van der Waals surface area (Å²) in [4.78, 5) is 21.9. The van der Waals surface area contributed by atoms with E-state index in [1.807, 2.05) is 39.8 Å². The van der Waals surface area contributed by atoms with E-state index in [4.69, 9.17) is 5.26 Å². The fraction of sp³-hybridized carbons (Fsp3) is 0.348. The van der Waals surface area contributed by atoms with Crippen molar-refractivity contribution in [3.05, 3.63) is 59.9 Å². The number of nitriles is 1. The minimum absolute atomic E-state index is 0.118. The number of aromatic nitrogens is 2. The molecular weight excluding hydrogens is 362 g/mol. The summed E-state index contributed by atoms with van der Waals surface area (Å²) in [5.74, 6) is 0.118. The van der Waals surface area contributed by atoms with Crippen LogP contribution in [0.3, 0.4) is 0 Å². The van der Waals surface area contributed by atoms with E-state index in [1.54, 1.807) is 18.5 Å². The Labute approximate surface area is 170 Å². The molecule has 3 heterocycles. The van der Waals surface area contributed by atoms with E-state index in [1.165, 1.54) is 25.9 Å². The Balaban J connectivity index is 1.33. The highest BCUT2D eigenvalue weighted by atomic mass is 16.2. The zero-order valence-electron chi connectivity index (χ0n) is 16.3. The molecule has 0 radical (unpaired) electrons. The summed E-state index contributed by atoms with van der Waals surface area (Å²) in [6.07, 6.45) is 5.40. The molecule has 146 valence electrons. The Morgan fingerprint density at radius 1 is 1.07 bits per heavy atom. The molecule has 0 saturated carbocycles. The number of benzene rings is 2. The quantitative estimate of drug-likeness (QED) is 0.694. The van der Waals surface area contributed by atoms with Gasteiger partial charge in [-0.2, -0.15) is 5.26 Å². The molecule has 2 aromatic carbocycles. The first-order chi connectivity index (χ1) is 14.2. The van der Waals surface area contributed by atoms with Crippen molar-refractivity contribution in [3.8, 4) is 11.8 Å². The van der Waals surface area contributed by atoms with Gasteiger partial charge in [0.2, 0.25) is 0 Å². The van der Waals surface area contributed by atoms with Crippen molar-refractivity contribution < 1.29 is 4.79 Å². The minimum atomic E-state index is 0.118. The number of nitrogens with zero attached hydrogens (tertiary/aromatic N) is 5. The molecule has 2 fully saturated rings. The van der Waals surface area contributed by atoms with Crippen LogP contribution in [0.2, 0.25) is 0 Å². The summed E-state index contributed by atoms with van der Waals surface area (Å²) in [5.41, 5.74) is 4.00. The Bertz CT molecular complexity index is 1090. The van der Waals surface area contributed by atoms with E-state index in [-0.39, 0.29) is 5.91 Å². The summed E-state index contributed by atoms with van der Waals surface area (Å²) in [7, 11) is 0. The van der Waals surface area contributed by atoms with Crippen LogP contribution in [0.5, 0.6) is 0 Å². The first-order valence-electron chi connectivity index (χ1n) is 10.2. The van der Waals surface area contributed by atoms with Crippen molar-refractivity contribution >= 4 is 16.9 Å². The van der Waals surface area contributed by atoms with Gasteiger partial charge in [-0.3, -0.25) is 14.3 Å². The number of fused-ring (bicyclic) bond motifs is 1. The highest BCUT2D eigenvalue weighted by Gasteiger charge is 2.31. The van der Waals surface area contributed by atoms with E-state index in [0.717, 1.165) is 41.8 Å². The van der Waals surface area contributed by atoms with Gasteiger partial charge in [-0.05, 0) is 74.8 Å². The molecule has 0 bridgehead atoms. The molecule has 1 atom stereocenters. The van der Waals surface area contributed by atoms with Crippen LogP contribution in [0, 0.1) is 11.3 Å². The van der Waals surface area contributed by atoms with E-state index >= 15 is 0 Å². The summed E-state index contributed by atoms with van der Waals surface area (Å²) in [6, 6.07) is 15.9. The smallest absolute Gasteiger partial charge is 0.253 e. The minimum Gasteiger partial charge on any atom is -0.337 e. The lowest BCUT2D eigenvalue weighted by molar-refractivity contribution is 0.0780. The second-order valence-corrected chi connectivity index (χ2v) is 7.91. The molecular formula is C23H23N5O. The second-order valence-electron chi connectivity index (χ2n) is 7.91. The summed E-state index contributed by atoms with van der Waals surface area (Å²) in [6.45, 7) is 4.04. The van der Waals surface area contributed by atoms with Crippen LogP contribution in [0.4, 0.5) is 0 Å². The van der Waals surface area contributed by atoms with Crippen molar-refractivity contribution in [1.29, 1.82) is 5.26 Å². The van der Waals surface area contributed by atoms with Crippen LogP contribution in [0.1, 0.15) is 35.2 Å². The number of hydrogen-bond acceptors (Lipinski definition) is 4. The number of hydrogen-bond donors (Lipinski definition) is 0. The first-order valence-corrected chi connectivity index (χ1v) is 10.2. The van der Waals surface area contributed by atoms with E-state index < -0.39 is 0 Å². The fourth-order valence-electron chi connectivity index (χ4n) is 4.57. The number of rotatable bonds is 3. The maximum absolute atomic E-state index is 12.9. The topological polar surface area (TPSA) is 65.2 Å². The SMILES string of the molecule is N#Cc1ccc2c(c1)ncn2-c1ccc(C(=O)N2CC[C@H](N3CCCC3)C2)cc1. The molecule has 0 unspecified atom stereocenters. The number of imidazole rings is 1. The van der Waals surface area contributed by atoms with Gasteiger partial charge in [0.15, 0.2) is 0 Å². The van der Waals surface area contributed by atoms with E-state index in [0.29, 0.717) is 11.6 Å². The lowest BCUT2D eigenvalue weighted by Gasteiger charge is -2.23. The highest BCUT2D eigenvalue weighted by molar-refractivity contribution is 5.94. The predicted molar refractivity (Wildman–Crippen MR) is 111 cm³/mol. The predicted octanol–water partition coefficient (Wildman–Crippen LogP) is 3.21. The molecule has 2 saturated heterocycles. The van der Waals surface area contributed by atoms with Gasteiger partial charge in [-0.15, -0.1) is 0 Å². The Morgan fingerprint density at radius 2 is 1.86 bits per heavy atom.